The topological polar surface area (TPSA) is 123 Å². The van der Waals surface area contributed by atoms with Gasteiger partial charge in [0.15, 0.2) is 6.29 Å². The van der Waals surface area contributed by atoms with Crippen LogP contribution in [0.3, 0.4) is 0 Å². The number of ether oxygens (including phenoxy) is 3. The van der Waals surface area contributed by atoms with Gasteiger partial charge in [-0.05, 0) is 36.2 Å². The van der Waals surface area contributed by atoms with Crippen LogP contribution in [0, 0.1) is 0 Å². The maximum atomic E-state index is 13.3. The molecule has 0 spiro atoms. The Labute approximate surface area is 249 Å². The summed E-state index contributed by atoms with van der Waals surface area (Å²) in [7, 11) is 1.55. The van der Waals surface area contributed by atoms with E-state index in [0.29, 0.717) is 41.0 Å². The van der Waals surface area contributed by atoms with Crippen molar-refractivity contribution in [3.63, 3.8) is 0 Å². The number of carbonyl (C=O) groups excluding carboxylic acids is 4. The molecular weight excluding hydrogens is 550 g/mol. The van der Waals surface area contributed by atoms with Gasteiger partial charge in [-0.15, -0.1) is 0 Å². The number of benzene rings is 3. The van der Waals surface area contributed by atoms with Crippen molar-refractivity contribution in [2.24, 2.45) is 0 Å². The summed E-state index contributed by atoms with van der Waals surface area (Å²) in [5.41, 5.74) is 2.82. The van der Waals surface area contributed by atoms with E-state index in [4.69, 9.17) is 14.2 Å². The summed E-state index contributed by atoms with van der Waals surface area (Å²) in [4.78, 5) is 52.9. The van der Waals surface area contributed by atoms with Gasteiger partial charge in [0, 0.05) is 31.1 Å². The third-order valence-electron chi connectivity index (χ3n) is 8.54. The van der Waals surface area contributed by atoms with Crippen molar-refractivity contribution in [3.8, 4) is 5.75 Å². The Morgan fingerprint density at radius 3 is 2.21 bits per heavy atom. The second-order valence-corrected chi connectivity index (χ2v) is 10.9. The van der Waals surface area contributed by atoms with Gasteiger partial charge in [-0.3, -0.25) is 24.1 Å². The standard InChI is InChI=1S/C33H33N3O7/c1-3-33(21-9-5-4-6-10-21)19-43-28-25(30(38)34-2)15-20(16-26(28)33)29(37)35-14-13-27-41-17-22(18-42-27)36-31(39)23-11-7-8-12-24(23)32(36)40/h4-12,15-16,22,27H,3,13-14,17-19H2,1-2H3,(H,34,38)(H,35,37)/t22-,27-,33-/m0/s1. The van der Waals surface area contributed by atoms with Crippen LogP contribution in [0.4, 0.5) is 0 Å². The van der Waals surface area contributed by atoms with Crippen molar-refractivity contribution >= 4 is 23.6 Å². The first-order chi connectivity index (χ1) is 20.9. The fraction of sp³-hybridized carbons (Fsp3) is 0.333. The molecule has 0 bridgehead atoms. The minimum absolute atomic E-state index is 0.142. The Morgan fingerprint density at radius 2 is 1.58 bits per heavy atom. The van der Waals surface area contributed by atoms with Gasteiger partial charge in [-0.1, -0.05) is 49.4 Å². The van der Waals surface area contributed by atoms with Gasteiger partial charge in [0.1, 0.15) is 12.4 Å². The molecule has 0 aliphatic carbocycles. The third-order valence-corrected chi connectivity index (χ3v) is 8.54. The molecule has 0 aromatic heterocycles. The molecule has 0 radical (unpaired) electrons. The molecule has 1 fully saturated rings. The summed E-state index contributed by atoms with van der Waals surface area (Å²) in [5.74, 6) is -0.865. The summed E-state index contributed by atoms with van der Waals surface area (Å²) in [6.45, 7) is 2.98. The van der Waals surface area contributed by atoms with Crippen molar-refractivity contribution in [2.45, 2.75) is 37.5 Å². The Hall–Kier alpha value is -4.54. The number of amides is 4. The molecule has 4 amide bonds. The number of nitrogens with one attached hydrogen (secondary N) is 2. The number of hydrogen-bond acceptors (Lipinski definition) is 7. The van der Waals surface area contributed by atoms with Crippen LogP contribution < -0.4 is 15.4 Å². The van der Waals surface area contributed by atoms with Gasteiger partial charge >= 0.3 is 0 Å². The lowest BCUT2D eigenvalue weighted by Gasteiger charge is -2.33. The third kappa shape index (κ3) is 4.96. The maximum Gasteiger partial charge on any atom is 0.261 e. The molecule has 43 heavy (non-hydrogen) atoms. The number of rotatable bonds is 8. The minimum Gasteiger partial charge on any atom is -0.491 e. The van der Waals surface area contributed by atoms with Gasteiger partial charge in [0.2, 0.25) is 0 Å². The lowest BCUT2D eigenvalue weighted by atomic mass is 9.73. The van der Waals surface area contributed by atoms with Crippen LogP contribution in [0.25, 0.3) is 0 Å². The van der Waals surface area contributed by atoms with Gasteiger partial charge in [0.05, 0.1) is 41.4 Å². The number of carbonyl (C=O) groups is 4. The molecule has 6 rings (SSSR count). The molecule has 3 aliphatic rings. The fourth-order valence-corrected chi connectivity index (χ4v) is 6.13. The molecular formula is C33H33N3O7. The predicted molar refractivity (Wildman–Crippen MR) is 156 cm³/mol. The molecule has 1 atom stereocenters. The van der Waals surface area contributed by atoms with Crippen LogP contribution >= 0.6 is 0 Å². The van der Waals surface area contributed by atoms with Gasteiger partial charge in [-0.25, -0.2) is 0 Å². The van der Waals surface area contributed by atoms with Crippen molar-refractivity contribution in [3.05, 3.63) is 100 Å². The van der Waals surface area contributed by atoms with E-state index in [2.05, 4.69) is 17.6 Å². The number of imide groups is 1. The van der Waals surface area contributed by atoms with Gasteiger partial charge in [-0.2, -0.15) is 0 Å². The number of hydrogen-bond donors (Lipinski definition) is 2. The monoisotopic (exact) mass is 583 g/mol. The molecule has 222 valence electrons. The zero-order valence-electron chi connectivity index (χ0n) is 24.1. The molecule has 1 saturated heterocycles. The second kappa shape index (κ2) is 11.6. The van der Waals surface area contributed by atoms with Crippen LogP contribution in [-0.4, -0.2) is 74.3 Å². The van der Waals surface area contributed by atoms with Gasteiger partial charge in [0.25, 0.3) is 23.6 Å². The average molecular weight is 584 g/mol. The average Bonchev–Trinajstić information content (AvgIpc) is 3.56. The Bertz CT molecular complexity index is 1550. The SMILES string of the molecule is CC[C@@]1(c2ccccc2)COc2c(C(=O)NC)cc(C(=O)NCC[C@H]3OC[C@H](N4C(=O)c5ccccc5C4=O)CO3)cc21. The normalized spacial score (nSPS) is 22.5. The summed E-state index contributed by atoms with van der Waals surface area (Å²) < 4.78 is 17.7. The highest BCUT2D eigenvalue weighted by Gasteiger charge is 2.44. The summed E-state index contributed by atoms with van der Waals surface area (Å²) in [6, 6.07) is 19.6. The van der Waals surface area contributed by atoms with E-state index in [-0.39, 0.29) is 43.4 Å². The van der Waals surface area contributed by atoms with E-state index in [0.717, 1.165) is 17.5 Å². The van der Waals surface area contributed by atoms with E-state index in [9.17, 15) is 19.2 Å². The lowest BCUT2D eigenvalue weighted by Crippen LogP contribution is -2.50. The molecule has 10 heteroatoms. The molecule has 0 saturated carbocycles. The highest BCUT2D eigenvalue weighted by Crippen LogP contribution is 2.47. The number of fused-ring (bicyclic) bond motifs is 2. The van der Waals surface area contributed by atoms with E-state index in [1.165, 1.54) is 4.90 Å². The van der Waals surface area contributed by atoms with Crippen molar-refractivity contribution in [1.82, 2.24) is 15.5 Å². The van der Waals surface area contributed by atoms with Crippen molar-refractivity contribution in [2.75, 3.05) is 33.4 Å². The minimum atomic E-state index is -0.604. The van der Waals surface area contributed by atoms with E-state index in [1.807, 2.05) is 36.4 Å². The first kappa shape index (κ1) is 28.6. The quantitative estimate of drug-likeness (QED) is 0.390. The van der Waals surface area contributed by atoms with Crippen LogP contribution in [0.15, 0.2) is 66.7 Å². The molecule has 3 heterocycles. The van der Waals surface area contributed by atoms with Crippen molar-refractivity contribution in [1.29, 1.82) is 0 Å². The zero-order valence-corrected chi connectivity index (χ0v) is 24.1. The van der Waals surface area contributed by atoms with Gasteiger partial charge < -0.3 is 24.8 Å². The fourth-order valence-electron chi connectivity index (χ4n) is 6.13. The summed E-state index contributed by atoms with van der Waals surface area (Å²) >= 11 is 0. The Balaban J connectivity index is 1.11. The van der Waals surface area contributed by atoms with Crippen LogP contribution in [-0.2, 0) is 14.9 Å². The van der Waals surface area contributed by atoms with E-state index in [1.54, 1.807) is 37.4 Å². The predicted octanol–water partition coefficient (Wildman–Crippen LogP) is 3.29. The molecule has 3 aromatic carbocycles. The van der Waals surface area contributed by atoms with Crippen LogP contribution in [0.2, 0.25) is 0 Å². The molecule has 3 aromatic rings. The maximum absolute atomic E-state index is 13.3. The second-order valence-electron chi connectivity index (χ2n) is 10.9. The van der Waals surface area contributed by atoms with Crippen LogP contribution in [0.1, 0.15) is 72.3 Å². The summed E-state index contributed by atoms with van der Waals surface area (Å²) in [6.07, 6.45) is 0.479. The first-order valence-corrected chi connectivity index (χ1v) is 14.4. The Kier molecular flexibility index (Phi) is 7.72. The molecule has 10 nitrogen and oxygen atoms in total. The van der Waals surface area contributed by atoms with Crippen molar-refractivity contribution < 1.29 is 33.4 Å². The molecule has 0 unspecified atom stereocenters. The highest BCUT2D eigenvalue weighted by atomic mass is 16.7. The lowest BCUT2D eigenvalue weighted by molar-refractivity contribution is -0.198. The van der Waals surface area contributed by atoms with Crippen LogP contribution in [0.5, 0.6) is 5.75 Å². The highest BCUT2D eigenvalue weighted by molar-refractivity contribution is 6.21. The molecule has 2 N–H and O–H groups in total. The smallest absolute Gasteiger partial charge is 0.261 e. The zero-order chi connectivity index (χ0) is 30.1. The first-order valence-electron chi connectivity index (χ1n) is 14.4. The summed E-state index contributed by atoms with van der Waals surface area (Å²) in [5, 5.41) is 5.56. The molecule has 3 aliphatic heterocycles. The van der Waals surface area contributed by atoms with E-state index >= 15 is 0 Å². The Morgan fingerprint density at radius 1 is 0.930 bits per heavy atom. The number of nitrogens with zero attached hydrogens (tertiary/aromatic N) is 1. The largest absolute Gasteiger partial charge is 0.491 e. The van der Waals surface area contributed by atoms with E-state index < -0.39 is 17.7 Å².